The average molecular weight is 335 g/mol. The molecule has 1 N–H and O–H groups in total. The molecule has 0 saturated carbocycles. The molecule has 2 rings (SSSR count). The van der Waals surface area contributed by atoms with E-state index in [1.165, 1.54) is 47.1 Å². The van der Waals surface area contributed by atoms with Crippen LogP contribution in [-0.2, 0) is 9.84 Å². The lowest BCUT2D eigenvalue weighted by atomic mass is 10.2. The first-order valence-corrected chi connectivity index (χ1v) is 8.76. The van der Waals surface area contributed by atoms with Crippen LogP contribution < -0.4 is 4.74 Å². The van der Waals surface area contributed by atoms with E-state index in [0.29, 0.717) is 12.2 Å². The van der Waals surface area contributed by atoms with Gasteiger partial charge < -0.3 is 9.84 Å². The number of phenols is 1. The zero-order valence-corrected chi connectivity index (χ0v) is 13.3. The third-order valence-electron chi connectivity index (χ3n) is 2.79. The second-order valence-electron chi connectivity index (χ2n) is 4.24. The lowest BCUT2D eigenvalue weighted by Gasteiger charge is -2.07. The Kier molecular flexibility index (Phi) is 4.85. The van der Waals surface area contributed by atoms with Crippen molar-refractivity contribution in [2.45, 2.75) is 11.8 Å². The summed E-state index contributed by atoms with van der Waals surface area (Å²) in [4.78, 5) is -0.270. The van der Waals surface area contributed by atoms with Gasteiger partial charge in [-0.15, -0.1) is 0 Å². The van der Waals surface area contributed by atoms with Crippen LogP contribution >= 0.6 is 11.3 Å². The molecule has 0 amide bonds. The Labute approximate surface area is 132 Å². The highest BCUT2D eigenvalue weighted by Gasteiger charge is 2.21. The molecule has 7 heteroatoms. The number of ether oxygens (including phenoxy) is 1. The van der Waals surface area contributed by atoms with Gasteiger partial charge in [-0.25, -0.2) is 8.42 Å². The molecular formula is C15H13NO4S2. The average Bonchev–Trinajstić information content (AvgIpc) is 3.03. The van der Waals surface area contributed by atoms with Gasteiger partial charge in [0.05, 0.1) is 11.5 Å². The maximum absolute atomic E-state index is 12.3. The van der Waals surface area contributed by atoms with Crippen LogP contribution in [-0.4, -0.2) is 20.1 Å². The lowest BCUT2D eigenvalue weighted by molar-refractivity contribution is 0.318. The molecule has 0 saturated heterocycles. The normalized spacial score (nSPS) is 11.9. The highest BCUT2D eigenvalue weighted by Crippen LogP contribution is 2.29. The van der Waals surface area contributed by atoms with Gasteiger partial charge in [0.1, 0.15) is 11.0 Å². The number of hydrogen-bond donors (Lipinski definition) is 1. The molecule has 0 unspecified atom stereocenters. The van der Waals surface area contributed by atoms with Crippen molar-refractivity contribution in [3.05, 3.63) is 45.5 Å². The number of sulfone groups is 1. The Morgan fingerprint density at radius 2 is 2.23 bits per heavy atom. The molecule has 1 heterocycles. The first-order chi connectivity index (χ1) is 10.5. The molecule has 0 aliphatic heterocycles. The minimum Gasteiger partial charge on any atom is -0.504 e. The molecule has 0 aliphatic carbocycles. The fourth-order valence-electron chi connectivity index (χ4n) is 1.74. The lowest BCUT2D eigenvalue weighted by Crippen LogP contribution is -2.02. The minimum absolute atomic E-state index is 0.0433. The number of benzene rings is 1. The quantitative estimate of drug-likeness (QED) is 0.848. The van der Waals surface area contributed by atoms with Crippen molar-refractivity contribution in [1.29, 1.82) is 5.26 Å². The van der Waals surface area contributed by atoms with Crippen LogP contribution in [0, 0.1) is 11.3 Å². The first kappa shape index (κ1) is 16.1. The Balaban J connectivity index is 2.46. The molecule has 0 fully saturated rings. The van der Waals surface area contributed by atoms with E-state index in [-0.39, 0.29) is 21.3 Å². The summed E-state index contributed by atoms with van der Waals surface area (Å²) in [5.41, 5.74) is 0.455. The number of allylic oxidation sites excluding steroid dienone is 1. The zero-order valence-electron chi connectivity index (χ0n) is 11.7. The first-order valence-electron chi connectivity index (χ1n) is 6.34. The Hall–Kier alpha value is -2.30. The van der Waals surface area contributed by atoms with Gasteiger partial charge in [-0.1, -0.05) is 6.07 Å². The molecule has 0 aliphatic rings. The Morgan fingerprint density at radius 3 is 2.82 bits per heavy atom. The van der Waals surface area contributed by atoms with Gasteiger partial charge >= 0.3 is 0 Å². The van der Waals surface area contributed by atoms with Crippen molar-refractivity contribution < 1.29 is 18.3 Å². The molecule has 2 aromatic rings. The van der Waals surface area contributed by atoms with Crippen LogP contribution in [0.15, 0.2) is 44.8 Å². The number of phenolic OH excluding ortho intramolecular Hbond substituents is 1. The van der Waals surface area contributed by atoms with Crippen molar-refractivity contribution in [1.82, 2.24) is 0 Å². The van der Waals surface area contributed by atoms with Gasteiger partial charge in [0, 0.05) is 5.38 Å². The number of thiophene rings is 1. The largest absolute Gasteiger partial charge is 0.504 e. The summed E-state index contributed by atoms with van der Waals surface area (Å²) in [5.74, 6) is 0.194. The van der Waals surface area contributed by atoms with E-state index in [1.807, 2.05) is 0 Å². The number of hydrogen-bond acceptors (Lipinski definition) is 6. The summed E-state index contributed by atoms with van der Waals surface area (Å²) in [6.07, 6.45) is 1.26. The van der Waals surface area contributed by atoms with Crippen LogP contribution in [0.2, 0.25) is 0 Å². The van der Waals surface area contributed by atoms with Crippen LogP contribution in [0.4, 0.5) is 0 Å². The summed E-state index contributed by atoms with van der Waals surface area (Å²) >= 11 is 1.24. The van der Waals surface area contributed by atoms with Gasteiger partial charge in [-0.2, -0.15) is 16.6 Å². The van der Waals surface area contributed by atoms with Crippen LogP contribution in [0.1, 0.15) is 12.5 Å². The van der Waals surface area contributed by atoms with E-state index < -0.39 is 9.84 Å². The minimum atomic E-state index is -3.83. The van der Waals surface area contributed by atoms with Gasteiger partial charge in [-0.05, 0) is 42.1 Å². The smallest absolute Gasteiger partial charge is 0.217 e. The number of rotatable bonds is 5. The van der Waals surface area contributed by atoms with E-state index in [9.17, 15) is 18.8 Å². The van der Waals surface area contributed by atoms with Crippen molar-refractivity contribution >= 4 is 27.3 Å². The van der Waals surface area contributed by atoms with E-state index in [4.69, 9.17) is 4.74 Å². The summed E-state index contributed by atoms with van der Waals surface area (Å²) in [5, 5.41) is 21.9. The highest BCUT2D eigenvalue weighted by molar-refractivity contribution is 7.95. The number of nitrogens with zero attached hydrogens (tertiary/aromatic N) is 1. The van der Waals surface area contributed by atoms with Crippen LogP contribution in [0.25, 0.3) is 6.08 Å². The maximum atomic E-state index is 12.3. The summed E-state index contributed by atoms with van der Waals surface area (Å²) in [6, 6.07) is 7.56. The summed E-state index contributed by atoms with van der Waals surface area (Å²) in [7, 11) is -3.83. The van der Waals surface area contributed by atoms with E-state index in [2.05, 4.69) is 0 Å². The second-order valence-corrected chi connectivity index (χ2v) is 6.94. The van der Waals surface area contributed by atoms with Crippen molar-refractivity contribution in [2.75, 3.05) is 6.61 Å². The molecule has 0 spiro atoms. The van der Waals surface area contributed by atoms with Gasteiger partial charge in [-0.3, -0.25) is 0 Å². The predicted molar refractivity (Wildman–Crippen MR) is 84.4 cm³/mol. The molecular weight excluding hydrogens is 322 g/mol. The molecule has 114 valence electrons. The number of aromatic hydroxyl groups is 1. The predicted octanol–water partition coefficient (Wildman–Crippen LogP) is 3.19. The van der Waals surface area contributed by atoms with E-state index in [1.54, 1.807) is 18.4 Å². The molecule has 5 nitrogen and oxygen atoms in total. The maximum Gasteiger partial charge on any atom is 0.217 e. The Morgan fingerprint density at radius 1 is 1.45 bits per heavy atom. The zero-order chi connectivity index (χ0) is 16.2. The standard InChI is InChI=1S/C15H13NO4S2/c1-2-20-15-8-11(3-4-14(15)17)7-13(9-16)22(18,19)12-5-6-21-10-12/h3-8,10,17H,2H2,1H3/b13-7-. The molecule has 1 aromatic heterocycles. The van der Waals surface area contributed by atoms with Crippen molar-refractivity contribution in [3.63, 3.8) is 0 Å². The summed E-state index contributed by atoms with van der Waals surface area (Å²) in [6.45, 7) is 2.13. The fourth-order valence-corrected chi connectivity index (χ4v) is 3.93. The monoisotopic (exact) mass is 335 g/mol. The van der Waals surface area contributed by atoms with Crippen molar-refractivity contribution in [3.8, 4) is 17.6 Å². The van der Waals surface area contributed by atoms with E-state index in [0.717, 1.165) is 0 Å². The van der Waals surface area contributed by atoms with Crippen LogP contribution in [0.3, 0.4) is 0 Å². The van der Waals surface area contributed by atoms with Crippen molar-refractivity contribution in [2.24, 2.45) is 0 Å². The highest BCUT2D eigenvalue weighted by atomic mass is 32.2. The third kappa shape index (κ3) is 3.30. The van der Waals surface area contributed by atoms with Gasteiger partial charge in [0.2, 0.25) is 9.84 Å². The molecule has 0 atom stereocenters. The topological polar surface area (TPSA) is 87.4 Å². The fraction of sp³-hybridized carbons (Fsp3) is 0.133. The molecule has 22 heavy (non-hydrogen) atoms. The van der Waals surface area contributed by atoms with Gasteiger partial charge in [0.25, 0.3) is 0 Å². The molecule has 0 radical (unpaired) electrons. The summed E-state index contributed by atoms with van der Waals surface area (Å²) < 4.78 is 29.9. The van der Waals surface area contributed by atoms with Gasteiger partial charge in [0.15, 0.2) is 11.5 Å². The molecule has 1 aromatic carbocycles. The second kappa shape index (κ2) is 6.64. The van der Waals surface area contributed by atoms with Crippen LogP contribution in [0.5, 0.6) is 11.5 Å². The number of nitriles is 1. The molecule has 0 bridgehead atoms. The van der Waals surface area contributed by atoms with E-state index >= 15 is 0 Å². The Bertz CT molecular complexity index is 831. The third-order valence-corrected chi connectivity index (χ3v) is 5.28. The SMILES string of the molecule is CCOc1cc(/C=C(/C#N)S(=O)(=O)c2ccsc2)ccc1O.